The van der Waals surface area contributed by atoms with Gasteiger partial charge in [0.2, 0.25) is 0 Å². The van der Waals surface area contributed by atoms with Crippen molar-refractivity contribution < 1.29 is 4.79 Å². The number of urea groups is 1. The van der Waals surface area contributed by atoms with Gasteiger partial charge >= 0.3 is 6.03 Å². The molecule has 0 saturated heterocycles. The molecule has 1 aromatic carbocycles. The quantitative estimate of drug-likeness (QED) is 0.835. The number of amides is 2. The van der Waals surface area contributed by atoms with Gasteiger partial charge in [-0.05, 0) is 62.8 Å². The highest BCUT2D eigenvalue weighted by atomic mass is 16.2. The van der Waals surface area contributed by atoms with Crippen molar-refractivity contribution in [1.82, 2.24) is 5.32 Å². The number of hydrogen-bond acceptors (Lipinski definition) is 1. The lowest BCUT2D eigenvalue weighted by Gasteiger charge is -2.07. The van der Waals surface area contributed by atoms with Gasteiger partial charge in [-0.15, -0.1) is 0 Å². The van der Waals surface area contributed by atoms with Gasteiger partial charge < -0.3 is 10.6 Å². The zero-order valence-corrected chi connectivity index (χ0v) is 11.2. The largest absolute Gasteiger partial charge is 0.323 e. The molecular weight excluding hydrogens is 224 g/mol. The first-order valence-corrected chi connectivity index (χ1v) is 6.37. The predicted octanol–water partition coefficient (Wildman–Crippen LogP) is 3.74. The van der Waals surface area contributed by atoms with Gasteiger partial charge in [0, 0.05) is 11.9 Å². The maximum atomic E-state index is 11.7. The SMILES string of the molecule is C/C(=C\NC(=O)Nc1ccc(C)c(C)c1)C1CC1. The molecule has 0 bridgehead atoms. The van der Waals surface area contributed by atoms with Gasteiger partial charge in [0.1, 0.15) is 0 Å². The molecule has 2 rings (SSSR count). The Labute approximate surface area is 108 Å². The van der Waals surface area contributed by atoms with Crippen LogP contribution in [0.2, 0.25) is 0 Å². The molecule has 1 aromatic rings. The minimum Gasteiger partial charge on any atom is -0.314 e. The standard InChI is InChI=1S/C15H20N2O/c1-10-4-7-14(8-11(10)2)17-15(18)16-9-12(3)13-5-6-13/h4,7-9,13H,5-6H2,1-3H3,(H2,16,17,18)/b12-9+. The second-order valence-corrected chi connectivity index (χ2v) is 5.06. The van der Waals surface area contributed by atoms with Crippen LogP contribution in [0.3, 0.4) is 0 Å². The van der Waals surface area contributed by atoms with Crippen molar-refractivity contribution in [2.75, 3.05) is 5.32 Å². The minimum absolute atomic E-state index is 0.182. The number of hydrogen-bond donors (Lipinski definition) is 2. The van der Waals surface area contributed by atoms with E-state index < -0.39 is 0 Å². The summed E-state index contributed by atoms with van der Waals surface area (Å²) in [5.41, 5.74) is 4.49. The molecule has 0 radical (unpaired) electrons. The number of aryl methyl sites for hydroxylation is 2. The molecule has 0 aromatic heterocycles. The van der Waals surface area contributed by atoms with Gasteiger partial charge in [-0.1, -0.05) is 11.6 Å². The zero-order valence-electron chi connectivity index (χ0n) is 11.2. The average molecular weight is 244 g/mol. The van der Waals surface area contributed by atoms with E-state index in [-0.39, 0.29) is 6.03 Å². The van der Waals surface area contributed by atoms with Gasteiger partial charge in [-0.2, -0.15) is 0 Å². The molecule has 3 nitrogen and oxygen atoms in total. The molecule has 2 amide bonds. The lowest BCUT2D eigenvalue weighted by atomic mass is 10.1. The average Bonchev–Trinajstić information content (AvgIpc) is 3.15. The molecule has 1 aliphatic carbocycles. The fraction of sp³-hybridized carbons (Fsp3) is 0.400. The van der Waals surface area contributed by atoms with Crippen molar-refractivity contribution in [3.05, 3.63) is 41.1 Å². The number of allylic oxidation sites excluding steroid dienone is 1. The highest BCUT2D eigenvalue weighted by Gasteiger charge is 2.22. The van der Waals surface area contributed by atoms with Crippen LogP contribution in [-0.2, 0) is 0 Å². The molecule has 0 unspecified atom stereocenters. The number of benzene rings is 1. The third kappa shape index (κ3) is 3.36. The van der Waals surface area contributed by atoms with E-state index >= 15 is 0 Å². The lowest BCUT2D eigenvalue weighted by Crippen LogP contribution is -2.24. The van der Waals surface area contributed by atoms with Crippen LogP contribution in [0.15, 0.2) is 30.0 Å². The van der Waals surface area contributed by atoms with Crippen molar-refractivity contribution in [3.63, 3.8) is 0 Å². The van der Waals surface area contributed by atoms with Gasteiger partial charge in [0.25, 0.3) is 0 Å². The highest BCUT2D eigenvalue weighted by Crippen LogP contribution is 2.35. The normalized spacial score (nSPS) is 15.4. The molecule has 1 aliphatic rings. The van der Waals surface area contributed by atoms with Crippen LogP contribution in [0.25, 0.3) is 0 Å². The lowest BCUT2D eigenvalue weighted by molar-refractivity contribution is 0.255. The van der Waals surface area contributed by atoms with Crippen LogP contribution < -0.4 is 10.6 Å². The fourth-order valence-electron chi connectivity index (χ4n) is 1.82. The maximum Gasteiger partial charge on any atom is 0.323 e. The summed E-state index contributed by atoms with van der Waals surface area (Å²) in [5, 5.41) is 5.60. The summed E-state index contributed by atoms with van der Waals surface area (Å²) in [7, 11) is 0. The zero-order chi connectivity index (χ0) is 13.1. The number of anilines is 1. The van der Waals surface area contributed by atoms with E-state index in [2.05, 4.69) is 24.5 Å². The van der Waals surface area contributed by atoms with Crippen molar-refractivity contribution in [2.45, 2.75) is 33.6 Å². The summed E-state index contributed by atoms with van der Waals surface area (Å²) in [6.07, 6.45) is 4.32. The highest BCUT2D eigenvalue weighted by molar-refractivity contribution is 5.90. The molecule has 1 saturated carbocycles. The van der Waals surface area contributed by atoms with E-state index in [1.807, 2.05) is 31.3 Å². The molecule has 0 atom stereocenters. The summed E-state index contributed by atoms with van der Waals surface area (Å²) >= 11 is 0. The van der Waals surface area contributed by atoms with E-state index in [0.29, 0.717) is 5.92 Å². The minimum atomic E-state index is -0.182. The van der Waals surface area contributed by atoms with E-state index in [9.17, 15) is 4.79 Å². The Hall–Kier alpha value is -1.77. The Bertz CT molecular complexity index is 487. The monoisotopic (exact) mass is 244 g/mol. The maximum absolute atomic E-state index is 11.7. The Morgan fingerprint density at radius 2 is 2.00 bits per heavy atom. The fourth-order valence-corrected chi connectivity index (χ4v) is 1.82. The van der Waals surface area contributed by atoms with Crippen LogP contribution in [0.1, 0.15) is 30.9 Å². The van der Waals surface area contributed by atoms with E-state index in [4.69, 9.17) is 0 Å². The van der Waals surface area contributed by atoms with Gasteiger partial charge in [-0.3, -0.25) is 0 Å². The van der Waals surface area contributed by atoms with E-state index in [1.165, 1.54) is 29.5 Å². The van der Waals surface area contributed by atoms with Gasteiger partial charge in [0.15, 0.2) is 0 Å². The van der Waals surface area contributed by atoms with Gasteiger partial charge in [-0.25, -0.2) is 4.79 Å². The molecule has 2 N–H and O–H groups in total. The molecule has 96 valence electrons. The summed E-state index contributed by atoms with van der Waals surface area (Å²) < 4.78 is 0. The van der Waals surface area contributed by atoms with Crippen molar-refractivity contribution in [3.8, 4) is 0 Å². The molecule has 18 heavy (non-hydrogen) atoms. The van der Waals surface area contributed by atoms with Crippen LogP contribution in [-0.4, -0.2) is 6.03 Å². The van der Waals surface area contributed by atoms with Crippen LogP contribution in [0.4, 0.5) is 10.5 Å². The molecule has 0 aliphatic heterocycles. The first-order valence-electron chi connectivity index (χ1n) is 6.37. The number of carbonyl (C=O) groups excluding carboxylic acids is 1. The Morgan fingerprint density at radius 3 is 2.61 bits per heavy atom. The summed E-state index contributed by atoms with van der Waals surface area (Å²) in [5.74, 6) is 0.687. The smallest absolute Gasteiger partial charge is 0.314 e. The molecule has 0 spiro atoms. The number of carbonyl (C=O) groups is 1. The first kappa shape index (κ1) is 12.7. The summed E-state index contributed by atoms with van der Waals surface area (Å²) in [4.78, 5) is 11.7. The predicted molar refractivity (Wildman–Crippen MR) is 74.6 cm³/mol. The second kappa shape index (κ2) is 5.25. The Morgan fingerprint density at radius 1 is 1.28 bits per heavy atom. The third-order valence-corrected chi connectivity index (χ3v) is 3.42. The van der Waals surface area contributed by atoms with E-state index in [1.54, 1.807) is 0 Å². The molecule has 0 heterocycles. The third-order valence-electron chi connectivity index (χ3n) is 3.42. The topological polar surface area (TPSA) is 41.1 Å². The van der Waals surface area contributed by atoms with Crippen molar-refractivity contribution in [2.24, 2.45) is 5.92 Å². The van der Waals surface area contributed by atoms with Crippen LogP contribution >= 0.6 is 0 Å². The van der Waals surface area contributed by atoms with Crippen molar-refractivity contribution in [1.29, 1.82) is 0 Å². The van der Waals surface area contributed by atoms with Gasteiger partial charge in [0.05, 0.1) is 0 Å². The van der Waals surface area contributed by atoms with Crippen molar-refractivity contribution >= 4 is 11.7 Å². The van der Waals surface area contributed by atoms with E-state index in [0.717, 1.165) is 5.69 Å². The first-order chi connectivity index (χ1) is 8.56. The Balaban J connectivity index is 1.90. The van der Waals surface area contributed by atoms with Crippen LogP contribution in [0, 0.1) is 19.8 Å². The Kier molecular flexibility index (Phi) is 3.70. The molecule has 1 fully saturated rings. The number of rotatable bonds is 3. The summed E-state index contributed by atoms with van der Waals surface area (Å²) in [6.45, 7) is 6.16. The number of nitrogens with one attached hydrogen (secondary N) is 2. The molecular formula is C15H20N2O. The second-order valence-electron chi connectivity index (χ2n) is 5.06. The summed E-state index contributed by atoms with van der Waals surface area (Å²) in [6, 6.07) is 5.72. The molecule has 3 heteroatoms. The van der Waals surface area contributed by atoms with Crippen LogP contribution in [0.5, 0.6) is 0 Å².